The van der Waals surface area contributed by atoms with E-state index in [0.29, 0.717) is 17.1 Å². The molecule has 10 heteroatoms. The summed E-state index contributed by atoms with van der Waals surface area (Å²) in [6.45, 7) is 0.133. The van der Waals surface area contributed by atoms with Crippen molar-refractivity contribution in [2.45, 2.75) is 12.5 Å². The lowest BCUT2D eigenvalue weighted by Crippen LogP contribution is -2.46. The second kappa shape index (κ2) is 6.73. The molecule has 0 spiro atoms. The van der Waals surface area contributed by atoms with Crippen LogP contribution in [0, 0.1) is 0 Å². The number of carbonyl (C=O) groups excluding carboxylic acids is 2. The molecule has 2 aliphatic rings. The summed E-state index contributed by atoms with van der Waals surface area (Å²) in [5, 5.41) is 9.28. The van der Waals surface area contributed by atoms with E-state index in [9.17, 15) is 19.5 Å². The van der Waals surface area contributed by atoms with Crippen LogP contribution in [0.25, 0.3) is 6.08 Å². The van der Waals surface area contributed by atoms with Crippen LogP contribution in [0.5, 0.6) is 11.5 Å². The van der Waals surface area contributed by atoms with Gasteiger partial charge in [-0.1, -0.05) is 30.0 Å². The van der Waals surface area contributed by atoms with Crippen molar-refractivity contribution in [1.29, 1.82) is 0 Å². The van der Waals surface area contributed by atoms with Gasteiger partial charge in [-0.3, -0.25) is 14.5 Å². The Morgan fingerprint density at radius 2 is 2.12 bits per heavy atom. The summed E-state index contributed by atoms with van der Waals surface area (Å²) in [6.07, 6.45) is 1.06. The van der Waals surface area contributed by atoms with Crippen LogP contribution in [0.4, 0.5) is 0 Å². The predicted molar refractivity (Wildman–Crippen MR) is 92.8 cm³/mol. The van der Waals surface area contributed by atoms with E-state index in [1.165, 1.54) is 0 Å². The van der Waals surface area contributed by atoms with Gasteiger partial charge in [0.1, 0.15) is 10.4 Å². The number of thioether (sulfide) groups is 1. The molecule has 130 valence electrons. The maximum atomic E-state index is 12.6. The van der Waals surface area contributed by atoms with Crippen LogP contribution in [0.1, 0.15) is 12.0 Å². The third-order valence-electron chi connectivity index (χ3n) is 3.51. The zero-order valence-corrected chi connectivity index (χ0v) is 14.3. The minimum Gasteiger partial charge on any atom is -0.480 e. The van der Waals surface area contributed by atoms with Gasteiger partial charge >= 0.3 is 5.97 Å². The number of nitrogens with two attached hydrogens (primary N) is 1. The number of thiocarbonyl (C=S) groups is 1. The maximum absolute atomic E-state index is 12.6. The van der Waals surface area contributed by atoms with E-state index in [1.807, 2.05) is 0 Å². The van der Waals surface area contributed by atoms with Crippen molar-refractivity contribution < 1.29 is 29.0 Å². The molecule has 2 amide bonds. The van der Waals surface area contributed by atoms with Crippen LogP contribution in [0.3, 0.4) is 0 Å². The molecule has 0 radical (unpaired) electrons. The van der Waals surface area contributed by atoms with E-state index >= 15 is 0 Å². The summed E-state index contributed by atoms with van der Waals surface area (Å²) >= 11 is 6.07. The number of hydrogen-bond acceptors (Lipinski definition) is 7. The van der Waals surface area contributed by atoms with Crippen LogP contribution >= 0.6 is 24.0 Å². The lowest BCUT2D eigenvalue weighted by Gasteiger charge is -2.21. The van der Waals surface area contributed by atoms with E-state index in [1.54, 1.807) is 24.3 Å². The largest absolute Gasteiger partial charge is 0.480 e. The second-order valence-corrected chi connectivity index (χ2v) is 6.86. The van der Waals surface area contributed by atoms with Crippen molar-refractivity contribution in [2.24, 2.45) is 5.73 Å². The molecule has 8 nitrogen and oxygen atoms in total. The second-order valence-electron chi connectivity index (χ2n) is 5.19. The van der Waals surface area contributed by atoms with Crippen molar-refractivity contribution in [3.8, 4) is 11.5 Å². The molecule has 1 aromatic rings. The highest BCUT2D eigenvalue weighted by Crippen LogP contribution is 2.37. The quantitative estimate of drug-likeness (QED) is 0.572. The van der Waals surface area contributed by atoms with E-state index < -0.39 is 30.2 Å². The molecule has 0 saturated carbocycles. The molecule has 1 fully saturated rings. The van der Waals surface area contributed by atoms with Crippen LogP contribution < -0.4 is 15.2 Å². The number of ether oxygens (including phenoxy) is 2. The molecule has 0 bridgehead atoms. The Balaban J connectivity index is 1.87. The number of fused-ring (bicyclic) bond motifs is 1. The summed E-state index contributed by atoms with van der Waals surface area (Å²) in [7, 11) is 0. The standard InChI is InChI=1S/C15H12N2O6S2/c16-12(18)5-8(14(20)21)17-13(19)11(25-15(17)24)4-7-1-2-9-10(3-7)23-6-22-9/h1-4,8H,5-6H2,(H2,16,18)(H,20,21)/b11-4-. The number of rotatable bonds is 5. The third kappa shape index (κ3) is 3.44. The molecule has 25 heavy (non-hydrogen) atoms. The predicted octanol–water partition coefficient (Wildman–Crippen LogP) is 0.945. The lowest BCUT2D eigenvalue weighted by atomic mass is 10.1. The number of carboxylic acids is 1. The van der Waals surface area contributed by atoms with E-state index in [4.69, 9.17) is 27.4 Å². The Labute approximate surface area is 151 Å². The molecule has 0 aliphatic carbocycles. The highest BCUT2D eigenvalue weighted by molar-refractivity contribution is 8.26. The number of nitrogens with zero attached hydrogens (tertiary/aromatic N) is 1. The first-order chi connectivity index (χ1) is 11.9. The number of benzene rings is 1. The van der Waals surface area contributed by atoms with Gasteiger partial charge < -0.3 is 20.3 Å². The molecular weight excluding hydrogens is 368 g/mol. The zero-order valence-electron chi connectivity index (χ0n) is 12.6. The summed E-state index contributed by atoms with van der Waals surface area (Å²) in [4.78, 5) is 36.2. The van der Waals surface area contributed by atoms with Gasteiger partial charge in [-0.25, -0.2) is 4.79 Å². The summed E-state index contributed by atoms with van der Waals surface area (Å²) in [5.74, 6) is -1.60. The molecule has 2 heterocycles. The number of carboxylic acid groups (broad SMARTS) is 1. The minimum absolute atomic E-state index is 0.0608. The topological polar surface area (TPSA) is 119 Å². The highest BCUT2D eigenvalue weighted by atomic mass is 32.2. The molecule has 1 unspecified atom stereocenters. The van der Waals surface area contributed by atoms with E-state index in [-0.39, 0.29) is 16.0 Å². The van der Waals surface area contributed by atoms with Gasteiger partial charge in [0.05, 0.1) is 11.3 Å². The van der Waals surface area contributed by atoms with Gasteiger partial charge in [-0.2, -0.15) is 0 Å². The molecular formula is C15H12N2O6S2. The summed E-state index contributed by atoms with van der Waals surface area (Å²) < 4.78 is 10.6. The first-order valence-electron chi connectivity index (χ1n) is 7.04. The van der Waals surface area contributed by atoms with Crippen molar-refractivity contribution in [3.05, 3.63) is 28.7 Å². The summed E-state index contributed by atoms with van der Waals surface area (Å²) in [5.41, 5.74) is 5.74. The fourth-order valence-corrected chi connectivity index (χ4v) is 3.74. The van der Waals surface area contributed by atoms with Gasteiger partial charge in [0.2, 0.25) is 12.7 Å². The number of aliphatic carboxylic acids is 1. The van der Waals surface area contributed by atoms with Gasteiger partial charge in [-0.15, -0.1) is 0 Å². The van der Waals surface area contributed by atoms with Crippen LogP contribution in [-0.2, 0) is 14.4 Å². The summed E-state index contributed by atoms with van der Waals surface area (Å²) in [6, 6.07) is 3.72. The highest BCUT2D eigenvalue weighted by Gasteiger charge is 2.41. The van der Waals surface area contributed by atoms with E-state index in [2.05, 4.69) is 0 Å². The van der Waals surface area contributed by atoms with Crippen molar-refractivity contribution in [2.75, 3.05) is 6.79 Å². The Morgan fingerprint density at radius 3 is 2.80 bits per heavy atom. The molecule has 1 aromatic carbocycles. The van der Waals surface area contributed by atoms with Gasteiger partial charge in [0.25, 0.3) is 5.91 Å². The number of amides is 2. The van der Waals surface area contributed by atoms with Crippen LogP contribution in [0.15, 0.2) is 23.1 Å². The molecule has 0 aromatic heterocycles. The first kappa shape index (κ1) is 17.2. The van der Waals surface area contributed by atoms with Crippen LogP contribution in [0.2, 0.25) is 0 Å². The number of carbonyl (C=O) groups is 3. The Kier molecular flexibility index (Phi) is 4.64. The number of primary amides is 1. The zero-order chi connectivity index (χ0) is 18.1. The third-order valence-corrected chi connectivity index (χ3v) is 4.84. The lowest BCUT2D eigenvalue weighted by molar-refractivity contribution is -0.146. The van der Waals surface area contributed by atoms with Crippen molar-refractivity contribution in [1.82, 2.24) is 4.90 Å². The fraction of sp³-hybridized carbons (Fsp3) is 0.200. The van der Waals surface area contributed by atoms with Crippen molar-refractivity contribution in [3.63, 3.8) is 0 Å². The Bertz CT molecular complexity index is 822. The molecule has 1 saturated heterocycles. The van der Waals surface area contributed by atoms with Crippen molar-refractivity contribution >= 4 is 52.2 Å². The molecule has 2 aliphatic heterocycles. The van der Waals surface area contributed by atoms with Gasteiger partial charge in [0.15, 0.2) is 11.5 Å². The normalized spacial score (nSPS) is 18.7. The molecule has 3 N–H and O–H groups in total. The number of hydrogen-bond donors (Lipinski definition) is 2. The van der Waals surface area contributed by atoms with Crippen LogP contribution in [-0.4, -0.2) is 44.9 Å². The average molecular weight is 380 g/mol. The Morgan fingerprint density at radius 1 is 1.40 bits per heavy atom. The Hall–Kier alpha value is -2.59. The smallest absolute Gasteiger partial charge is 0.327 e. The molecule has 1 atom stereocenters. The van der Waals surface area contributed by atoms with Gasteiger partial charge in [0, 0.05) is 0 Å². The average Bonchev–Trinajstić information content (AvgIpc) is 3.10. The van der Waals surface area contributed by atoms with E-state index in [0.717, 1.165) is 16.7 Å². The molecule has 3 rings (SSSR count). The minimum atomic E-state index is -1.42. The monoisotopic (exact) mass is 380 g/mol. The fourth-order valence-electron chi connectivity index (χ4n) is 2.38. The SMILES string of the molecule is NC(=O)CC(C(=O)O)N1C(=O)/C(=C/c2ccc3c(c2)OCO3)SC1=S. The maximum Gasteiger partial charge on any atom is 0.327 e. The van der Waals surface area contributed by atoms with Gasteiger partial charge in [-0.05, 0) is 23.8 Å². The first-order valence-corrected chi connectivity index (χ1v) is 8.27.